The summed E-state index contributed by atoms with van der Waals surface area (Å²) < 4.78 is 5.66. The first-order valence-electron chi connectivity index (χ1n) is 3.45. The number of hydrogen-bond acceptors (Lipinski definition) is 1. The second-order valence-electron chi connectivity index (χ2n) is 3.18. The first kappa shape index (κ1) is 18.5. The third kappa shape index (κ3) is 11.7. The predicted octanol–water partition coefficient (Wildman–Crippen LogP) is -0.926. The van der Waals surface area contributed by atoms with E-state index in [2.05, 4.69) is 33.9 Å². The van der Waals surface area contributed by atoms with Crippen LogP contribution in [0, 0.1) is 6.92 Å². The molecular formula is C7H17IMgOSi. The average molecular weight is 297 g/mol. The summed E-state index contributed by atoms with van der Waals surface area (Å²) in [5, 5.41) is 0. The fraction of sp³-hybridized carbons (Fsp3) is 0.857. The zero-order chi connectivity index (χ0) is 7.49. The zero-order valence-electron chi connectivity index (χ0n) is 7.98. The van der Waals surface area contributed by atoms with Gasteiger partial charge in [0.25, 0.3) is 0 Å². The van der Waals surface area contributed by atoms with Crippen LogP contribution in [0.4, 0.5) is 0 Å². The molecule has 0 bridgehead atoms. The molecule has 0 heterocycles. The van der Waals surface area contributed by atoms with Crippen molar-refractivity contribution in [1.29, 1.82) is 0 Å². The quantitative estimate of drug-likeness (QED) is 0.372. The van der Waals surface area contributed by atoms with Crippen LogP contribution in [0.15, 0.2) is 0 Å². The summed E-state index contributed by atoms with van der Waals surface area (Å²) in [5.41, 5.74) is 0. The smallest absolute Gasteiger partial charge is 1.00 e. The van der Waals surface area contributed by atoms with Gasteiger partial charge in [0.15, 0.2) is 8.32 Å². The first-order chi connectivity index (χ1) is 3.98. The van der Waals surface area contributed by atoms with Crippen LogP contribution in [0.2, 0.25) is 19.1 Å². The van der Waals surface area contributed by atoms with Gasteiger partial charge in [0, 0.05) is 6.10 Å². The van der Waals surface area contributed by atoms with Crippen LogP contribution in [0.1, 0.15) is 13.8 Å². The van der Waals surface area contributed by atoms with E-state index in [1.807, 2.05) is 0 Å². The summed E-state index contributed by atoms with van der Waals surface area (Å²) in [5.74, 6) is 0. The molecule has 11 heavy (non-hydrogen) atoms. The van der Waals surface area contributed by atoms with Gasteiger partial charge in [-0.05, 0) is 26.9 Å². The van der Waals surface area contributed by atoms with E-state index < -0.39 is 8.32 Å². The molecule has 0 aromatic carbocycles. The molecule has 0 fully saturated rings. The predicted molar refractivity (Wildman–Crippen MR) is 49.6 cm³/mol. The normalized spacial score (nSPS) is 10.4. The fourth-order valence-corrected chi connectivity index (χ4v) is 2.09. The molecule has 1 nitrogen and oxygen atoms in total. The molecule has 0 spiro atoms. The van der Waals surface area contributed by atoms with Gasteiger partial charge in [0.1, 0.15) is 0 Å². The Labute approximate surface area is 105 Å². The molecule has 0 aromatic heterocycles. The largest absolute Gasteiger partial charge is 2.00 e. The Bertz CT molecular complexity index is 88.5. The topological polar surface area (TPSA) is 9.23 Å². The maximum absolute atomic E-state index is 5.66. The Morgan fingerprint density at radius 3 is 1.82 bits per heavy atom. The van der Waals surface area contributed by atoms with E-state index in [1.165, 1.54) is 0 Å². The standard InChI is InChI=1S/C7H17OSi.HI.Mg/c1-6-9(4,5)8-7(2)3;;/h7H,1,6H2,2-5H3;1H;/q-1;;+2/p-1. The molecule has 0 aliphatic rings. The molecule has 0 unspecified atom stereocenters. The zero-order valence-corrected chi connectivity index (χ0v) is 12.6. The summed E-state index contributed by atoms with van der Waals surface area (Å²) >= 11 is 0. The molecule has 0 aliphatic carbocycles. The van der Waals surface area contributed by atoms with E-state index in [0.29, 0.717) is 6.10 Å². The first-order valence-corrected chi connectivity index (χ1v) is 6.56. The van der Waals surface area contributed by atoms with E-state index in [0.717, 1.165) is 6.04 Å². The Morgan fingerprint density at radius 1 is 1.36 bits per heavy atom. The third-order valence-corrected chi connectivity index (χ3v) is 3.47. The second kappa shape index (κ2) is 8.28. The Balaban J connectivity index is -0.000000320. The molecule has 0 aromatic rings. The molecule has 0 atom stereocenters. The van der Waals surface area contributed by atoms with Crippen LogP contribution in [-0.4, -0.2) is 37.5 Å². The third-order valence-electron chi connectivity index (χ3n) is 1.16. The fourth-order valence-electron chi connectivity index (χ4n) is 0.697. The van der Waals surface area contributed by atoms with Gasteiger partial charge in [0.2, 0.25) is 0 Å². The molecular weight excluding hydrogens is 279 g/mol. The summed E-state index contributed by atoms with van der Waals surface area (Å²) in [6, 6.07) is 0.963. The van der Waals surface area contributed by atoms with Crippen molar-refractivity contribution in [2.75, 3.05) is 0 Å². The van der Waals surface area contributed by atoms with Crippen molar-refractivity contribution in [2.24, 2.45) is 0 Å². The minimum Gasteiger partial charge on any atom is -1.00 e. The SMILES string of the molecule is [CH2-]C[Si](C)(C)OC(C)C.[I-].[Mg+2]. The van der Waals surface area contributed by atoms with Crippen LogP contribution >= 0.6 is 0 Å². The van der Waals surface area contributed by atoms with Gasteiger partial charge in [-0.25, -0.2) is 0 Å². The van der Waals surface area contributed by atoms with Crippen LogP contribution in [0.3, 0.4) is 0 Å². The molecule has 0 amide bonds. The van der Waals surface area contributed by atoms with E-state index >= 15 is 0 Å². The average Bonchev–Trinajstić information content (AvgIpc) is 1.63. The minimum absolute atomic E-state index is 0. The van der Waals surface area contributed by atoms with E-state index in [9.17, 15) is 0 Å². The Hall–Kier alpha value is 1.67. The summed E-state index contributed by atoms with van der Waals surface area (Å²) in [4.78, 5) is 0. The van der Waals surface area contributed by atoms with Crippen LogP contribution in [0.25, 0.3) is 0 Å². The van der Waals surface area contributed by atoms with E-state index in [-0.39, 0.29) is 47.0 Å². The van der Waals surface area contributed by atoms with Crippen LogP contribution in [0.5, 0.6) is 0 Å². The van der Waals surface area contributed by atoms with E-state index in [4.69, 9.17) is 4.43 Å². The molecule has 0 aliphatic heterocycles. The second-order valence-corrected chi connectivity index (χ2v) is 7.43. The summed E-state index contributed by atoms with van der Waals surface area (Å²) in [6.07, 6.45) is 0.369. The van der Waals surface area contributed by atoms with Crippen molar-refractivity contribution < 1.29 is 28.4 Å². The molecule has 0 N–H and O–H groups in total. The maximum Gasteiger partial charge on any atom is 2.00 e. The van der Waals surface area contributed by atoms with Gasteiger partial charge in [-0.1, -0.05) is 0 Å². The van der Waals surface area contributed by atoms with Gasteiger partial charge in [0.05, 0.1) is 0 Å². The molecule has 0 rings (SSSR count). The van der Waals surface area contributed by atoms with Gasteiger partial charge in [-0.15, -0.1) is 0 Å². The van der Waals surface area contributed by atoms with Gasteiger partial charge >= 0.3 is 23.1 Å². The van der Waals surface area contributed by atoms with Gasteiger partial charge in [-0.2, -0.15) is 6.04 Å². The molecule has 0 saturated heterocycles. The number of hydrogen-bond donors (Lipinski definition) is 0. The van der Waals surface area contributed by atoms with Crippen molar-refractivity contribution in [3.63, 3.8) is 0 Å². The Morgan fingerprint density at radius 2 is 1.73 bits per heavy atom. The monoisotopic (exact) mass is 296 g/mol. The molecule has 0 saturated carbocycles. The minimum atomic E-state index is -1.35. The summed E-state index contributed by atoms with van der Waals surface area (Å²) in [7, 11) is -1.35. The summed E-state index contributed by atoms with van der Waals surface area (Å²) in [6.45, 7) is 12.4. The van der Waals surface area contributed by atoms with Crippen molar-refractivity contribution in [1.82, 2.24) is 0 Å². The van der Waals surface area contributed by atoms with E-state index in [1.54, 1.807) is 0 Å². The maximum atomic E-state index is 5.66. The van der Waals surface area contributed by atoms with Crippen molar-refractivity contribution in [3.8, 4) is 0 Å². The number of rotatable bonds is 3. The molecule has 0 radical (unpaired) electrons. The van der Waals surface area contributed by atoms with Gasteiger partial charge < -0.3 is 35.3 Å². The van der Waals surface area contributed by atoms with Gasteiger partial charge in [-0.3, -0.25) is 0 Å². The number of halogens is 1. The van der Waals surface area contributed by atoms with Crippen LogP contribution in [-0.2, 0) is 4.43 Å². The van der Waals surface area contributed by atoms with Crippen molar-refractivity contribution in [2.45, 2.75) is 39.1 Å². The Kier molecular flexibility index (Phi) is 13.9. The van der Waals surface area contributed by atoms with Crippen molar-refractivity contribution in [3.05, 3.63) is 6.92 Å². The van der Waals surface area contributed by atoms with Crippen molar-refractivity contribution >= 4 is 31.4 Å². The van der Waals surface area contributed by atoms with Crippen LogP contribution < -0.4 is 24.0 Å². The molecule has 4 heteroatoms. The molecule has 64 valence electrons.